The Bertz CT molecular complexity index is 2490. The van der Waals surface area contributed by atoms with Crippen LogP contribution in [0.3, 0.4) is 0 Å². The number of para-hydroxylation sites is 1. The van der Waals surface area contributed by atoms with Crippen molar-refractivity contribution in [1.29, 1.82) is 0 Å². The van der Waals surface area contributed by atoms with Crippen molar-refractivity contribution in [1.82, 2.24) is 29.2 Å². The molecule has 6 aromatic rings. The van der Waals surface area contributed by atoms with Gasteiger partial charge in [0.2, 0.25) is 5.95 Å². The van der Waals surface area contributed by atoms with Crippen LogP contribution in [0.1, 0.15) is 47.5 Å². The van der Waals surface area contributed by atoms with Gasteiger partial charge in [0.25, 0.3) is 5.91 Å². The van der Waals surface area contributed by atoms with Crippen LogP contribution >= 0.6 is 0 Å². The maximum atomic E-state index is 14.3. The monoisotopic (exact) mass is 806 g/mol. The SMILES string of the molecule is COc1cc([C@H]2CC[C@@H](N3CCN(CC[SH](=O)=O)CC3)CC2)ccc1Nc1nccc(-c2c(-c3cccc(C(=O)Nc4c(F)cccc4F)c3)nc3ccccn23)n1. The Morgan fingerprint density at radius 3 is 2.41 bits per heavy atom. The number of anilines is 3. The molecule has 2 N–H and O–H groups in total. The standard InChI is InChI=1S/C43H44F2N8O4S/c1-57-37-27-29(28-11-14-32(15-12-28)52-22-20-51(21-23-52)24-25-58(55)56)13-16-35(37)47-43-46-18-17-36(48-43)41-39(49-38-10-2-3-19-53(38)41)30-6-4-7-31(26-30)42(54)50-40-33(44)8-5-9-34(40)45/h2-10,13,16-19,26-28,32,58H,11-12,14-15,20-25H2,1H3,(H,50,54)(H,46,47,48)/t28-,32+. The first-order valence-corrected chi connectivity index (χ1v) is 20.8. The molecule has 12 nitrogen and oxygen atoms in total. The lowest BCUT2D eigenvalue weighted by atomic mass is 9.81. The van der Waals surface area contributed by atoms with Crippen molar-refractivity contribution in [2.45, 2.75) is 37.6 Å². The molecule has 4 heterocycles. The van der Waals surface area contributed by atoms with Gasteiger partial charge >= 0.3 is 0 Å². The van der Waals surface area contributed by atoms with Gasteiger partial charge < -0.3 is 15.4 Å². The minimum Gasteiger partial charge on any atom is -0.495 e. The lowest BCUT2D eigenvalue weighted by Crippen LogP contribution is -2.51. The van der Waals surface area contributed by atoms with Crippen LogP contribution in [0.15, 0.2) is 97.3 Å². The summed E-state index contributed by atoms with van der Waals surface area (Å²) in [6.45, 7) is 4.42. The van der Waals surface area contributed by atoms with Crippen molar-refractivity contribution in [2.24, 2.45) is 0 Å². The third kappa shape index (κ3) is 8.56. The molecular formula is C43H44F2N8O4S. The van der Waals surface area contributed by atoms with Gasteiger partial charge in [0.15, 0.2) is 0 Å². The number of nitrogens with one attached hydrogen (secondary N) is 2. The van der Waals surface area contributed by atoms with Gasteiger partial charge in [0, 0.05) is 62.3 Å². The van der Waals surface area contributed by atoms with Gasteiger partial charge in [-0.15, -0.1) is 0 Å². The van der Waals surface area contributed by atoms with E-state index in [0.29, 0.717) is 58.5 Å². The van der Waals surface area contributed by atoms with Crippen molar-refractivity contribution in [3.8, 4) is 28.4 Å². The van der Waals surface area contributed by atoms with Gasteiger partial charge in [-0.1, -0.05) is 30.3 Å². The Morgan fingerprint density at radius 2 is 1.66 bits per heavy atom. The number of aromatic nitrogens is 4. The Hall–Kier alpha value is -5.77. The van der Waals surface area contributed by atoms with Crippen LogP contribution in [0, 0.1) is 11.6 Å². The number of hydrogen-bond acceptors (Lipinski definition) is 10. The number of thiol groups is 1. The highest BCUT2D eigenvalue weighted by Gasteiger charge is 2.29. The summed E-state index contributed by atoms with van der Waals surface area (Å²) in [6, 6.07) is 24.4. The largest absolute Gasteiger partial charge is 0.495 e. The maximum absolute atomic E-state index is 14.3. The number of rotatable bonds is 12. The Labute approximate surface area is 336 Å². The maximum Gasteiger partial charge on any atom is 0.255 e. The number of ether oxygens (including phenoxy) is 1. The first kappa shape index (κ1) is 39.1. The first-order valence-electron chi connectivity index (χ1n) is 19.4. The average molecular weight is 807 g/mol. The highest BCUT2D eigenvalue weighted by atomic mass is 32.2. The molecule has 1 saturated heterocycles. The molecule has 0 unspecified atom stereocenters. The number of carbonyl (C=O) groups excluding carboxylic acids is 1. The number of amides is 1. The number of halogens is 2. The van der Waals surface area contributed by atoms with E-state index in [0.717, 1.165) is 69.7 Å². The van der Waals surface area contributed by atoms with Crippen LogP contribution in [-0.2, 0) is 10.7 Å². The van der Waals surface area contributed by atoms with Crippen LogP contribution < -0.4 is 15.4 Å². The number of carbonyl (C=O) groups is 1. The van der Waals surface area contributed by atoms with Gasteiger partial charge in [0.05, 0.1) is 35.6 Å². The summed E-state index contributed by atoms with van der Waals surface area (Å²) in [5, 5.41) is 5.71. The third-order valence-corrected chi connectivity index (χ3v) is 11.8. The molecule has 300 valence electrons. The second kappa shape index (κ2) is 17.4. The highest BCUT2D eigenvalue weighted by molar-refractivity contribution is 7.72. The van der Waals surface area contributed by atoms with Gasteiger partial charge in [-0.3, -0.25) is 19.0 Å². The molecule has 2 fully saturated rings. The van der Waals surface area contributed by atoms with E-state index in [1.54, 1.807) is 37.6 Å². The van der Waals surface area contributed by atoms with E-state index in [9.17, 15) is 22.0 Å². The summed E-state index contributed by atoms with van der Waals surface area (Å²) in [5.74, 6) is -0.717. The van der Waals surface area contributed by atoms with Crippen molar-refractivity contribution in [2.75, 3.05) is 56.2 Å². The lowest BCUT2D eigenvalue weighted by Gasteiger charge is -2.42. The number of fused-ring (bicyclic) bond motifs is 1. The molecule has 58 heavy (non-hydrogen) atoms. The van der Waals surface area contributed by atoms with E-state index in [2.05, 4.69) is 37.6 Å². The molecule has 1 amide bonds. The van der Waals surface area contributed by atoms with Gasteiger partial charge in [0.1, 0.15) is 39.4 Å². The van der Waals surface area contributed by atoms with Crippen molar-refractivity contribution < 1.29 is 26.7 Å². The molecule has 3 aromatic carbocycles. The smallest absolute Gasteiger partial charge is 0.255 e. The van der Waals surface area contributed by atoms with Crippen molar-refractivity contribution >= 4 is 39.6 Å². The second-order valence-corrected chi connectivity index (χ2v) is 15.8. The van der Waals surface area contributed by atoms with E-state index in [4.69, 9.17) is 14.7 Å². The molecule has 15 heteroatoms. The summed E-state index contributed by atoms with van der Waals surface area (Å²) in [6.07, 6.45) is 7.96. The van der Waals surface area contributed by atoms with Gasteiger partial charge in [-0.25, -0.2) is 32.2 Å². The van der Waals surface area contributed by atoms with E-state index >= 15 is 0 Å². The van der Waals surface area contributed by atoms with E-state index < -0.39 is 33.9 Å². The summed E-state index contributed by atoms with van der Waals surface area (Å²) in [5.41, 5.74) is 4.69. The molecular weight excluding hydrogens is 763 g/mol. The van der Waals surface area contributed by atoms with E-state index in [-0.39, 0.29) is 11.3 Å². The molecule has 0 atom stereocenters. The lowest BCUT2D eigenvalue weighted by molar-refractivity contribution is 0.0790. The normalized spacial score (nSPS) is 17.7. The third-order valence-electron chi connectivity index (χ3n) is 11.2. The summed E-state index contributed by atoms with van der Waals surface area (Å²) >= 11 is 0. The van der Waals surface area contributed by atoms with E-state index in [1.807, 2.05) is 40.9 Å². The minimum absolute atomic E-state index is 0.195. The molecule has 0 bridgehead atoms. The number of imidazole rings is 1. The van der Waals surface area contributed by atoms with Crippen molar-refractivity contribution in [3.63, 3.8) is 0 Å². The summed E-state index contributed by atoms with van der Waals surface area (Å²) in [4.78, 5) is 32.4. The first-order chi connectivity index (χ1) is 28.2. The molecule has 0 radical (unpaired) electrons. The fraction of sp³-hybridized carbons (Fsp3) is 0.302. The Kier molecular flexibility index (Phi) is 11.7. The predicted octanol–water partition coefficient (Wildman–Crippen LogP) is 7.00. The van der Waals surface area contributed by atoms with Crippen LogP contribution in [0.25, 0.3) is 28.3 Å². The zero-order valence-corrected chi connectivity index (χ0v) is 32.9. The fourth-order valence-electron chi connectivity index (χ4n) is 8.14. The topological polar surface area (TPSA) is 134 Å². The van der Waals surface area contributed by atoms with Gasteiger partial charge in [-0.2, -0.15) is 0 Å². The highest BCUT2D eigenvalue weighted by Crippen LogP contribution is 2.39. The minimum atomic E-state index is -2.33. The summed E-state index contributed by atoms with van der Waals surface area (Å²) in [7, 11) is -0.676. The van der Waals surface area contributed by atoms with Crippen LogP contribution in [-0.4, -0.2) is 95.1 Å². The fourth-order valence-corrected chi connectivity index (χ4v) is 8.58. The number of benzene rings is 3. The Balaban J connectivity index is 0.983. The number of piperazine rings is 1. The van der Waals surface area contributed by atoms with E-state index in [1.165, 1.54) is 11.6 Å². The second-order valence-electron chi connectivity index (χ2n) is 14.7. The van der Waals surface area contributed by atoms with Gasteiger partial charge in [-0.05, 0) is 91.8 Å². The van der Waals surface area contributed by atoms with Crippen LogP contribution in [0.4, 0.5) is 26.1 Å². The summed E-state index contributed by atoms with van der Waals surface area (Å²) < 4.78 is 58.5. The number of pyridine rings is 1. The molecule has 0 spiro atoms. The molecule has 2 aliphatic rings. The Morgan fingerprint density at radius 1 is 0.879 bits per heavy atom. The number of methoxy groups -OCH3 is 1. The molecule has 8 rings (SSSR count). The molecule has 1 aliphatic heterocycles. The number of hydrogen-bond donors (Lipinski definition) is 3. The zero-order valence-electron chi connectivity index (χ0n) is 32.0. The van der Waals surface area contributed by atoms with Crippen LogP contribution in [0.2, 0.25) is 0 Å². The van der Waals surface area contributed by atoms with Crippen molar-refractivity contribution in [3.05, 3.63) is 120 Å². The molecule has 1 aliphatic carbocycles. The molecule has 3 aromatic heterocycles. The average Bonchev–Trinajstić information content (AvgIpc) is 3.65. The predicted molar refractivity (Wildman–Crippen MR) is 220 cm³/mol. The molecule has 1 saturated carbocycles. The zero-order chi connectivity index (χ0) is 40.2. The van der Waals surface area contributed by atoms with Crippen LogP contribution in [0.5, 0.6) is 5.75 Å². The number of nitrogens with zero attached hydrogens (tertiary/aromatic N) is 6. The quantitative estimate of drug-likeness (QED) is 0.111.